The second kappa shape index (κ2) is 12.3. The van der Waals surface area contributed by atoms with Crippen LogP contribution >= 0.6 is 0 Å². The highest BCUT2D eigenvalue weighted by molar-refractivity contribution is 5.70. The summed E-state index contributed by atoms with van der Waals surface area (Å²) in [6.45, 7) is 17.3. The summed E-state index contributed by atoms with van der Waals surface area (Å²) in [4.78, 5) is 49.3. The lowest BCUT2D eigenvalue weighted by Crippen LogP contribution is -2.68. The maximum atomic E-state index is 12.6. The Hall–Kier alpha value is -2.98. The average Bonchev–Trinajstić information content (AvgIpc) is 3.15. The first kappa shape index (κ1) is 31.5. The van der Waals surface area contributed by atoms with Crippen LogP contribution in [0.3, 0.4) is 0 Å². The highest BCUT2D eigenvalue weighted by Crippen LogP contribution is 2.67. The molecule has 0 amide bonds. The molecule has 0 aromatic carbocycles. The molecule has 3 rings (SSSR count). The molecule has 10 heteroatoms. The highest BCUT2D eigenvalue weighted by atomic mass is 16.8. The summed E-state index contributed by atoms with van der Waals surface area (Å²) in [6.07, 6.45) is -0.399. The zero-order valence-electron chi connectivity index (χ0n) is 24.3. The van der Waals surface area contributed by atoms with Crippen LogP contribution in [0, 0.1) is 22.7 Å². The van der Waals surface area contributed by atoms with E-state index in [2.05, 4.69) is 13.2 Å². The van der Waals surface area contributed by atoms with Gasteiger partial charge >= 0.3 is 23.9 Å². The number of aliphatic hydroxyl groups excluding tert-OH is 1. The SMILES string of the molecule is C=CC(=C)CC[C@]1(C)[C@H]2C[C@H](OC(=O)CCC)C=C3[C@H](OC(C)=O)O[C@H](OC(C)=O)[C@]32[C@H](O)[C@H](OC(C)=O)[C@@H]1C. The third kappa shape index (κ3) is 5.74. The van der Waals surface area contributed by atoms with E-state index in [1.165, 1.54) is 20.8 Å². The predicted octanol–water partition coefficient (Wildman–Crippen LogP) is 3.91. The Balaban J connectivity index is 2.30. The van der Waals surface area contributed by atoms with Gasteiger partial charge in [-0.25, -0.2) is 0 Å². The number of rotatable bonds is 10. The number of hydrogen-bond donors (Lipinski definition) is 1. The molecular weight excluding hydrogens is 520 g/mol. The van der Waals surface area contributed by atoms with Crippen LogP contribution < -0.4 is 0 Å². The summed E-state index contributed by atoms with van der Waals surface area (Å²) in [7, 11) is 0. The van der Waals surface area contributed by atoms with Crippen LogP contribution in [-0.2, 0) is 42.9 Å². The van der Waals surface area contributed by atoms with E-state index in [4.69, 9.17) is 23.7 Å². The molecule has 1 saturated carbocycles. The molecule has 0 unspecified atom stereocenters. The van der Waals surface area contributed by atoms with Gasteiger partial charge in [-0.3, -0.25) is 23.9 Å². The van der Waals surface area contributed by atoms with Crippen molar-refractivity contribution in [2.45, 2.75) is 105 Å². The lowest BCUT2D eigenvalue weighted by atomic mass is 9.44. The van der Waals surface area contributed by atoms with E-state index >= 15 is 0 Å². The van der Waals surface area contributed by atoms with Gasteiger partial charge in [0.2, 0.25) is 12.6 Å². The number of esters is 4. The molecule has 0 aromatic heterocycles. The number of hydrogen-bond acceptors (Lipinski definition) is 10. The zero-order chi connectivity index (χ0) is 30.0. The fraction of sp³-hybridized carbons (Fsp3) is 0.667. The first-order valence-electron chi connectivity index (χ1n) is 13.8. The van der Waals surface area contributed by atoms with Crippen molar-refractivity contribution in [3.05, 3.63) is 36.5 Å². The van der Waals surface area contributed by atoms with Gasteiger partial charge in [0.1, 0.15) is 18.3 Å². The minimum atomic E-state index is -1.48. The molecule has 10 nitrogen and oxygen atoms in total. The van der Waals surface area contributed by atoms with Gasteiger partial charge in [-0.1, -0.05) is 45.6 Å². The number of ether oxygens (including phenoxy) is 5. The maximum absolute atomic E-state index is 12.6. The minimum absolute atomic E-state index is 0.222. The molecule has 1 aliphatic heterocycles. The summed E-state index contributed by atoms with van der Waals surface area (Å²) in [5.41, 5.74) is -1.07. The zero-order valence-corrected chi connectivity index (χ0v) is 24.3. The third-order valence-corrected chi connectivity index (χ3v) is 8.79. The summed E-state index contributed by atoms with van der Waals surface area (Å²) >= 11 is 0. The summed E-state index contributed by atoms with van der Waals surface area (Å²) < 4.78 is 28.8. The molecule has 2 fully saturated rings. The molecule has 1 saturated heterocycles. The van der Waals surface area contributed by atoms with Crippen LogP contribution in [0.4, 0.5) is 0 Å². The first-order valence-corrected chi connectivity index (χ1v) is 13.8. The molecule has 2 aliphatic carbocycles. The fourth-order valence-corrected chi connectivity index (χ4v) is 6.82. The summed E-state index contributed by atoms with van der Waals surface area (Å²) in [6, 6.07) is 0. The van der Waals surface area contributed by atoms with Gasteiger partial charge in [-0.15, -0.1) is 0 Å². The quantitative estimate of drug-likeness (QED) is 0.181. The van der Waals surface area contributed by atoms with Gasteiger partial charge < -0.3 is 24.1 Å². The molecule has 0 radical (unpaired) electrons. The maximum Gasteiger partial charge on any atom is 0.306 e. The number of aliphatic hydroxyl groups is 1. The Labute approximate surface area is 235 Å². The minimum Gasteiger partial charge on any atom is -0.459 e. The second-order valence-electron chi connectivity index (χ2n) is 11.3. The molecule has 1 N–H and O–H groups in total. The van der Waals surface area contributed by atoms with Gasteiger partial charge in [-0.2, -0.15) is 0 Å². The molecular formula is C30H42O10. The largest absolute Gasteiger partial charge is 0.459 e. The Morgan fingerprint density at radius 2 is 1.70 bits per heavy atom. The van der Waals surface area contributed by atoms with Gasteiger partial charge in [0.05, 0.1) is 5.41 Å². The number of carbonyl (C=O) groups excluding carboxylic acids is 4. The topological polar surface area (TPSA) is 135 Å². The molecule has 222 valence electrons. The van der Waals surface area contributed by atoms with Crippen LogP contribution in [0.15, 0.2) is 36.5 Å². The molecule has 3 aliphatic rings. The van der Waals surface area contributed by atoms with Crippen LogP contribution in [0.1, 0.15) is 73.6 Å². The predicted molar refractivity (Wildman–Crippen MR) is 143 cm³/mol. The van der Waals surface area contributed by atoms with Gasteiger partial charge in [0, 0.05) is 38.7 Å². The van der Waals surface area contributed by atoms with Crippen molar-refractivity contribution in [2.75, 3.05) is 0 Å². The van der Waals surface area contributed by atoms with Crippen molar-refractivity contribution >= 4 is 23.9 Å². The number of allylic oxidation sites excluding steroid dienone is 2. The van der Waals surface area contributed by atoms with E-state index in [-0.39, 0.29) is 18.8 Å². The van der Waals surface area contributed by atoms with Crippen molar-refractivity contribution in [1.29, 1.82) is 0 Å². The standard InChI is InChI=1S/C30H42O10/c1-9-11-24(34)39-21-14-22-27(37-19(6)32)40-28(38-20(7)33)30(22)23(15-21)29(8,13-12-16(3)10-2)17(4)25(26(30)35)36-18(5)31/h10,14,17,21,23,25-28,35H,2-3,9,11-13,15H2,1,4-8H3/t17-,21+,23+,25+,26+,27+,28-,29-,30+/m0/s1. The summed E-state index contributed by atoms with van der Waals surface area (Å²) in [5, 5.41) is 12.1. The van der Waals surface area contributed by atoms with E-state index < -0.39 is 71.5 Å². The molecule has 1 spiro atoms. The molecule has 1 heterocycles. The van der Waals surface area contributed by atoms with E-state index in [1.807, 2.05) is 20.8 Å². The van der Waals surface area contributed by atoms with Gasteiger partial charge in [-0.05, 0) is 43.1 Å². The Bertz CT molecular complexity index is 1080. The summed E-state index contributed by atoms with van der Waals surface area (Å²) in [5.74, 6) is -3.23. The van der Waals surface area contributed by atoms with E-state index in [1.54, 1.807) is 12.2 Å². The van der Waals surface area contributed by atoms with Crippen LogP contribution in [-0.4, -0.2) is 59.9 Å². The smallest absolute Gasteiger partial charge is 0.306 e. The third-order valence-electron chi connectivity index (χ3n) is 8.79. The Morgan fingerprint density at radius 1 is 1.07 bits per heavy atom. The number of carbonyl (C=O) groups is 4. The van der Waals surface area contributed by atoms with Crippen molar-refractivity contribution in [1.82, 2.24) is 0 Å². The van der Waals surface area contributed by atoms with Crippen LogP contribution in [0.5, 0.6) is 0 Å². The van der Waals surface area contributed by atoms with Crippen molar-refractivity contribution < 1.29 is 48.0 Å². The fourth-order valence-electron chi connectivity index (χ4n) is 6.82. The van der Waals surface area contributed by atoms with Crippen molar-refractivity contribution in [3.8, 4) is 0 Å². The van der Waals surface area contributed by atoms with Crippen molar-refractivity contribution in [3.63, 3.8) is 0 Å². The molecule has 0 bridgehead atoms. The normalized spacial score (nSPS) is 36.3. The average molecular weight is 563 g/mol. The lowest BCUT2D eigenvalue weighted by Gasteiger charge is -2.62. The molecule has 0 aromatic rings. The van der Waals surface area contributed by atoms with E-state index in [0.29, 0.717) is 24.8 Å². The van der Waals surface area contributed by atoms with Gasteiger partial charge in [0.25, 0.3) is 0 Å². The van der Waals surface area contributed by atoms with Crippen LogP contribution in [0.2, 0.25) is 0 Å². The first-order chi connectivity index (χ1) is 18.7. The van der Waals surface area contributed by atoms with Crippen LogP contribution in [0.25, 0.3) is 0 Å². The highest BCUT2D eigenvalue weighted by Gasteiger charge is 2.74. The van der Waals surface area contributed by atoms with E-state index in [0.717, 1.165) is 5.57 Å². The lowest BCUT2D eigenvalue weighted by molar-refractivity contribution is -0.276. The Kier molecular flexibility index (Phi) is 9.67. The van der Waals surface area contributed by atoms with E-state index in [9.17, 15) is 24.3 Å². The van der Waals surface area contributed by atoms with Gasteiger partial charge in [0.15, 0.2) is 0 Å². The Morgan fingerprint density at radius 3 is 2.25 bits per heavy atom. The monoisotopic (exact) mass is 562 g/mol. The molecule has 9 atom stereocenters. The second-order valence-corrected chi connectivity index (χ2v) is 11.3. The molecule has 40 heavy (non-hydrogen) atoms. The van der Waals surface area contributed by atoms with Crippen molar-refractivity contribution in [2.24, 2.45) is 22.7 Å².